The van der Waals surface area contributed by atoms with E-state index in [4.69, 9.17) is 19.3 Å². The number of hydrogen-bond donors (Lipinski definition) is 9. The zero-order valence-corrected chi connectivity index (χ0v) is 73.3. The number of carbonyl (C=O) groups excluding carboxylic acids is 14. The summed E-state index contributed by atoms with van der Waals surface area (Å²) in [6, 6.07) is 48.4. The van der Waals surface area contributed by atoms with Crippen LogP contribution in [0.3, 0.4) is 0 Å². The van der Waals surface area contributed by atoms with Crippen LogP contribution in [-0.2, 0) is 38.3 Å². The molecular weight excluding hydrogens is 1670 g/mol. The second-order valence-electron chi connectivity index (χ2n) is 32.2. The fraction of sp³-hybridized carbons (Fsp3) is 0.289. The highest BCUT2D eigenvalue weighted by molar-refractivity contribution is 6.27. The van der Waals surface area contributed by atoms with Gasteiger partial charge in [0.25, 0.3) is 47.3 Å². The first-order valence-electron chi connectivity index (χ1n) is 42.3. The molecule has 8 aromatic carbocycles. The van der Waals surface area contributed by atoms with E-state index < -0.39 is 70.9 Å². The van der Waals surface area contributed by atoms with Crippen molar-refractivity contribution >= 4 is 145 Å². The topological polar surface area (TPSA) is 439 Å². The number of ether oxygens (including phenoxy) is 3. The van der Waals surface area contributed by atoms with Gasteiger partial charge in [0.1, 0.15) is 35.7 Å². The SMILES string of the molecule is CN(CC(=O)O)c1cccc2c1C(=O)N(C1CCC(=O)NC1=O)C2=O.CNC(=O)c1cnc2cc(OC)c(-c3ccc(C(=O)NCCCCCC(=O)CN(C)c4cccc5c4C(=O)N(C4CCC(=O)NC4=O)C5=O)cc3)cc2c1Nc1ccccc1.CNC(=O)c1cnc2cc(OC)c(-c3ccc(C(=O)NCCCCCC(=O)OC(C)(C)C)cc3)cc2c1Nc1ccccc1. The number of esters is 1. The molecule has 2 fully saturated rings. The molecule has 130 heavy (non-hydrogen) atoms. The van der Waals surface area contributed by atoms with Crippen molar-refractivity contribution in [3.8, 4) is 33.8 Å². The van der Waals surface area contributed by atoms with E-state index in [2.05, 4.69) is 52.5 Å². The first kappa shape index (κ1) is 93.6. The fourth-order valence-corrected chi connectivity index (χ4v) is 15.6. The highest BCUT2D eigenvalue weighted by atomic mass is 16.6. The van der Waals surface area contributed by atoms with E-state index in [-0.39, 0.29) is 103 Å². The number of anilines is 6. The van der Waals surface area contributed by atoms with Crippen molar-refractivity contribution in [3.05, 3.63) is 227 Å². The quantitative estimate of drug-likeness (QED) is 0.0107. The number of methoxy groups -OCH3 is 2. The van der Waals surface area contributed by atoms with Gasteiger partial charge in [0.2, 0.25) is 23.6 Å². The van der Waals surface area contributed by atoms with Crippen LogP contribution in [-0.4, -0.2) is 200 Å². The highest BCUT2D eigenvalue weighted by Gasteiger charge is 2.48. The van der Waals surface area contributed by atoms with Gasteiger partial charge >= 0.3 is 11.9 Å². The molecule has 2 saturated heterocycles. The second kappa shape index (κ2) is 42.2. The molecule has 0 saturated carbocycles. The Morgan fingerprint density at radius 1 is 0.477 bits per heavy atom. The minimum Gasteiger partial charge on any atom is -0.496 e. The number of amides is 12. The molecule has 12 amide bonds. The van der Waals surface area contributed by atoms with Crippen molar-refractivity contribution in [2.75, 3.05) is 89.0 Å². The summed E-state index contributed by atoms with van der Waals surface area (Å²) in [5, 5.41) is 32.8. The number of aliphatic carboxylic acids is 1. The Morgan fingerprint density at radius 3 is 1.27 bits per heavy atom. The number of unbranched alkanes of at least 4 members (excludes halogenated alkanes) is 4. The number of carboxylic acid groups (broad SMARTS) is 1. The minimum absolute atomic E-state index is 0.00777. The van der Waals surface area contributed by atoms with Gasteiger partial charge in [0.15, 0.2) is 5.78 Å². The lowest BCUT2D eigenvalue weighted by Crippen LogP contribution is -2.54. The van der Waals surface area contributed by atoms with Crippen LogP contribution in [0.5, 0.6) is 11.5 Å². The van der Waals surface area contributed by atoms with Crippen LogP contribution in [0.2, 0.25) is 0 Å². The van der Waals surface area contributed by atoms with E-state index >= 15 is 0 Å². The Balaban J connectivity index is 0.000000192. The lowest BCUT2D eigenvalue weighted by atomic mass is 9.98. The van der Waals surface area contributed by atoms with E-state index in [0.29, 0.717) is 112 Å². The number of ketones is 1. The summed E-state index contributed by atoms with van der Waals surface area (Å²) in [7, 11) is 9.50. The number of piperidine rings is 2. The minimum atomic E-state index is -1.08. The number of likely N-dealkylation sites (N-methyl/N-ethyl adjacent to an activating group) is 2. The van der Waals surface area contributed by atoms with Crippen LogP contribution in [0.25, 0.3) is 44.1 Å². The molecule has 10 aromatic rings. The third-order valence-corrected chi connectivity index (χ3v) is 22.0. The summed E-state index contributed by atoms with van der Waals surface area (Å²) in [5.41, 5.74) is 9.87. The van der Waals surface area contributed by atoms with Crippen molar-refractivity contribution in [3.63, 3.8) is 0 Å². The van der Waals surface area contributed by atoms with E-state index in [1.807, 2.05) is 130 Å². The van der Waals surface area contributed by atoms with Gasteiger partial charge in [-0.1, -0.05) is 85.6 Å². The number of pyridine rings is 2. The first-order chi connectivity index (χ1) is 62.4. The average Bonchev–Trinajstić information content (AvgIpc) is 1.60. The molecule has 0 aliphatic carbocycles. The van der Waals surface area contributed by atoms with Crippen molar-refractivity contribution in [1.82, 2.24) is 51.7 Å². The van der Waals surface area contributed by atoms with Crippen LogP contribution in [0.4, 0.5) is 34.1 Å². The number of nitrogens with one attached hydrogen (secondary N) is 8. The third kappa shape index (κ3) is 22.1. The van der Waals surface area contributed by atoms with E-state index in [1.165, 1.54) is 30.3 Å². The molecule has 672 valence electrons. The largest absolute Gasteiger partial charge is 0.496 e. The van der Waals surface area contributed by atoms with Crippen LogP contribution >= 0.6 is 0 Å². The molecule has 4 aliphatic heterocycles. The monoisotopic (exact) mass is 1760 g/mol. The number of imide groups is 4. The van der Waals surface area contributed by atoms with E-state index in [9.17, 15) is 71.9 Å². The molecule has 33 nitrogen and oxygen atoms in total. The number of fused-ring (bicyclic) bond motifs is 4. The smallest absolute Gasteiger partial charge is 0.323 e. The molecule has 2 atom stereocenters. The molecule has 9 N–H and O–H groups in total. The number of hydrogen-bond acceptors (Lipinski definition) is 24. The van der Waals surface area contributed by atoms with Gasteiger partial charge < -0.3 is 61.0 Å². The summed E-state index contributed by atoms with van der Waals surface area (Å²) in [6.07, 6.45) is 8.19. The van der Waals surface area contributed by atoms with Crippen molar-refractivity contribution in [2.45, 2.75) is 116 Å². The number of nitrogens with zero attached hydrogens (tertiary/aromatic N) is 6. The predicted octanol–water partition coefficient (Wildman–Crippen LogP) is 11.7. The molecular formula is C97H100N14O19. The normalized spacial score (nSPS) is 14.4. The van der Waals surface area contributed by atoms with Crippen LogP contribution in [0.15, 0.2) is 182 Å². The molecule has 4 aliphatic rings. The molecule has 0 radical (unpaired) electrons. The summed E-state index contributed by atoms with van der Waals surface area (Å²) >= 11 is 0. The summed E-state index contributed by atoms with van der Waals surface area (Å²) < 4.78 is 16.8. The van der Waals surface area contributed by atoms with Crippen molar-refractivity contribution in [1.29, 1.82) is 0 Å². The first-order valence-corrected chi connectivity index (χ1v) is 42.3. The number of carboxylic acids is 1. The van der Waals surface area contributed by atoms with Gasteiger partial charge in [-0.25, -0.2) is 0 Å². The third-order valence-electron chi connectivity index (χ3n) is 22.0. The molecule has 2 unspecified atom stereocenters. The second-order valence-corrected chi connectivity index (χ2v) is 32.2. The number of para-hydroxylation sites is 2. The number of benzene rings is 8. The Kier molecular flexibility index (Phi) is 30.3. The molecule has 6 heterocycles. The highest BCUT2D eigenvalue weighted by Crippen LogP contribution is 2.42. The van der Waals surface area contributed by atoms with Crippen molar-refractivity contribution < 1.29 is 91.2 Å². The van der Waals surface area contributed by atoms with Gasteiger partial charge in [-0.15, -0.1) is 0 Å². The Bertz CT molecular complexity index is 6080. The maximum atomic E-state index is 13.5. The zero-order chi connectivity index (χ0) is 93.2. The van der Waals surface area contributed by atoms with E-state index in [0.717, 1.165) is 68.1 Å². The van der Waals surface area contributed by atoms with Gasteiger partial charge in [0, 0.05) is 136 Å². The van der Waals surface area contributed by atoms with E-state index in [1.54, 1.807) is 95.0 Å². The average molecular weight is 1770 g/mol. The van der Waals surface area contributed by atoms with Gasteiger partial charge in [-0.3, -0.25) is 102 Å². The summed E-state index contributed by atoms with van der Waals surface area (Å²) in [4.78, 5) is 201. The Hall–Kier alpha value is -15.6. The molecule has 14 rings (SSSR count). The lowest BCUT2D eigenvalue weighted by Gasteiger charge is -2.28. The van der Waals surface area contributed by atoms with Gasteiger partial charge in [-0.2, -0.15) is 0 Å². The van der Waals surface area contributed by atoms with Crippen LogP contribution < -0.4 is 61.8 Å². The summed E-state index contributed by atoms with van der Waals surface area (Å²) in [6.45, 7) is 6.16. The Morgan fingerprint density at radius 2 is 0.885 bits per heavy atom. The standard InChI is InChI=1S/C46H45N7O8.C35H40N4O5.C16H15N3O6/c1-47-43(57)34-25-49-35-24-38(61-3)32(23-33(35)41(34)50-29-11-6-4-7-12-29)27-16-18-28(19-17-27)42(56)48-22-9-5-8-13-30(54)26-52(2)36-15-10-14-31-40(36)46(60)53(45(31)59)37-20-21-39(55)51-44(37)58;1-35(2,3)44-31(40)14-10-7-11-19-37-33(41)24-17-15-23(16-18-24)26-20-27-29(21-30(26)43-5)38-22-28(34(42)36-4)32(27)39-25-12-8-6-9-13-25;1-18(7-12(21)22)9-4-2-3-8-13(9)16(25)19(15(8)24)10-5-6-11(20)17-14(10)23/h4,6-7,10-12,14-19,23-25,37H,5,8-9,13,20-22,26H2,1-3H3,(H,47,57)(H,48,56)(H,49,50)(H,51,55,58);6,8-9,12-13,15-18,20-22H,7,10-11,14,19H2,1-5H3,(H,36,42)(H,37,41)(H,38,39);2-4,10H,5-7H2,1H3,(H,21,22)(H,17,20,23). The maximum Gasteiger partial charge on any atom is 0.323 e. The van der Waals surface area contributed by atoms with Gasteiger partial charge in [-0.05, 0) is 155 Å². The number of aromatic nitrogens is 2. The van der Waals surface area contributed by atoms with Crippen LogP contribution in [0, 0.1) is 0 Å². The summed E-state index contributed by atoms with van der Waals surface area (Å²) in [5.74, 6) is -5.87. The Labute approximate surface area is 748 Å². The number of rotatable bonds is 32. The number of carbonyl (C=O) groups is 15. The molecule has 2 aromatic heterocycles. The van der Waals surface area contributed by atoms with Crippen LogP contribution in [0.1, 0.15) is 181 Å². The maximum absolute atomic E-state index is 13.5. The zero-order valence-electron chi connectivity index (χ0n) is 73.3. The van der Waals surface area contributed by atoms with Gasteiger partial charge in [0.05, 0.1) is 87.9 Å². The molecule has 0 bridgehead atoms. The van der Waals surface area contributed by atoms with Crippen molar-refractivity contribution in [2.24, 2.45) is 0 Å². The predicted molar refractivity (Wildman–Crippen MR) is 487 cm³/mol. The molecule has 0 spiro atoms. The molecule has 33 heteroatoms. The fourth-order valence-electron chi connectivity index (χ4n) is 15.6. The lowest BCUT2D eigenvalue weighted by molar-refractivity contribution is -0.155. The number of Topliss-reactive ketones (excluding diaryl/α,β-unsaturated/α-hetero) is 1.